The first-order valence-electron chi connectivity index (χ1n) is 11.9. The summed E-state index contributed by atoms with van der Waals surface area (Å²) < 4.78 is 0. The third-order valence-electron chi connectivity index (χ3n) is 6.78. The fourth-order valence-electron chi connectivity index (χ4n) is 4.35. The predicted octanol–water partition coefficient (Wildman–Crippen LogP) is 5.80. The van der Waals surface area contributed by atoms with E-state index in [4.69, 9.17) is 10.6 Å². The molecule has 4 atom stereocenters. The molecule has 1 saturated heterocycles. The number of para-hydroxylation sites is 1. The van der Waals surface area contributed by atoms with Gasteiger partial charge in [-0.15, -0.1) is 0 Å². The quantitative estimate of drug-likeness (QED) is 0.217. The van der Waals surface area contributed by atoms with E-state index in [1.807, 2.05) is 67.3 Å². The molecule has 0 bridgehead atoms. The molecule has 1 fully saturated rings. The second kappa shape index (κ2) is 11.3. The number of β-lactam (4-membered cyclic amide) rings is 1. The second-order valence-electron chi connectivity index (χ2n) is 9.07. The van der Waals surface area contributed by atoms with Crippen LogP contribution in [0.25, 0.3) is 0 Å². The molecule has 1 aliphatic heterocycles. The molecule has 5 nitrogen and oxygen atoms in total. The number of carbonyl (C=O) groups is 1. The van der Waals surface area contributed by atoms with Gasteiger partial charge in [0.15, 0.2) is 0 Å². The SMILES string of the molecule is CCC(C)C(C)C(CCN)ON=C(C)/C=C1/C(=O)N(c2ccccc2C)C1c1ccccc1. The molecule has 0 aliphatic carbocycles. The lowest BCUT2D eigenvalue weighted by Gasteiger charge is -2.43. The molecular formula is C28H37N3O2. The van der Waals surface area contributed by atoms with Crippen LogP contribution in [0.5, 0.6) is 0 Å². The van der Waals surface area contributed by atoms with Crippen LogP contribution in [0, 0.1) is 18.8 Å². The number of allylic oxidation sites excluding steroid dienone is 1. The minimum Gasteiger partial charge on any atom is -0.392 e. The van der Waals surface area contributed by atoms with Gasteiger partial charge in [0.1, 0.15) is 6.10 Å². The number of carbonyl (C=O) groups excluding carboxylic acids is 1. The Labute approximate surface area is 198 Å². The van der Waals surface area contributed by atoms with Crippen LogP contribution in [-0.2, 0) is 9.63 Å². The maximum Gasteiger partial charge on any atom is 0.257 e. The average molecular weight is 448 g/mol. The molecule has 176 valence electrons. The number of nitrogens with two attached hydrogens (primary N) is 1. The van der Waals surface area contributed by atoms with Crippen LogP contribution in [0.15, 0.2) is 71.4 Å². The Morgan fingerprint density at radius 2 is 1.82 bits per heavy atom. The molecule has 1 aliphatic rings. The van der Waals surface area contributed by atoms with Crippen molar-refractivity contribution in [2.45, 2.75) is 59.6 Å². The van der Waals surface area contributed by atoms with E-state index in [0.717, 1.165) is 35.2 Å². The van der Waals surface area contributed by atoms with E-state index in [9.17, 15) is 4.79 Å². The first kappa shape index (κ1) is 24.7. The van der Waals surface area contributed by atoms with Gasteiger partial charge >= 0.3 is 0 Å². The fourth-order valence-corrected chi connectivity index (χ4v) is 4.35. The Kier molecular flexibility index (Phi) is 8.45. The van der Waals surface area contributed by atoms with Gasteiger partial charge in [0, 0.05) is 11.3 Å². The number of aryl methyl sites for hydroxylation is 1. The van der Waals surface area contributed by atoms with E-state index in [-0.39, 0.29) is 18.1 Å². The lowest BCUT2D eigenvalue weighted by molar-refractivity contribution is -0.119. The number of anilines is 1. The van der Waals surface area contributed by atoms with Gasteiger partial charge in [0.2, 0.25) is 0 Å². The van der Waals surface area contributed by atoms with Crippen molar-refractivity contribution in [2.75, 3.05) is 11.4 Å². The molecule has 2 aromatic carbocycles. The molecule has 0 aromatic heterocycles. The first-order valence-corrected chi connectivity index (χ1v) is 11.9. The van der Waals surface area contributed by atoms with Crippen LogP contribution < -0.4 is 10.6 Å². The first-order chi connectivity index (χ1) is 15.9. The Morgan fingerprint density at radius 3 is 2.45 bits per heavy atom. The van der Waals surface area contributed by atoms with Crippen LogP contribution in [0.1, 0.15) is 57.7 Å². The molecule has 5 heteroatoms. The molecule has 1 amide bonds. The topological polar surface area (TPSA) is 67.9 Å². The number of rotatable bonds is 10. The molecule has 3 rings (SSSR count). The number of hydrogen-bond acceptors (Lipinski definition) is 4. The summed E-state index contributed by atoms with van der Waals surface area (Å²) in [5.41, 5.74) is 10.3. The Morgan fingerprint density at radius 1 is 1.15 bits per heavy atom. The number of nitrogens with zero attached hydrogens (tertiary/aromatic N) is 2. The maximum atomic E-state index is 13.3. The van der Waals surface area contributed by atoms with Crippen molar-refractivity contribution >= 4 is 17.3 Å². The fraction of sp³-hybridized carbons (Fsp3) is 0.429. The molecule has 1 heterocycles. The zero-order valence-electron chi connectivity index (χ0n) is 20.5. The number of hydrogen-bond donors (Lipinski definition) is 1. The summed E-state index contributed by atoms with van der Waals surface area (Å²) in [4.78, 5) is 21.1. The van der Waals surface area contributed by atoms with Crippen molar-refractivity contribution in [1.29, 1.82) is 0 Å². The van der Waals surface area contributed by atoms with Crippen LogP contribution in [0.3, 0.4) is 0 Å². The lowest BCUT2D eigenvalue weighted by Crippen LogP contribution is -2.49. The molecule has 2 aromatic rings. The van der Waals surface area contributed by atoms with Gasteiger partial charge < -0.3 is 10.6 Å². The van der Waals surface area contributed by atoms with Gasteiger partial charge in [-0.2, -0.15) is 0 Å². The van der Waals surface area contributed by atoms with Gasteiger partial charge in [-0.1, -0.05) is 80.9 Å². The largest absolute Gasteiger partial charge is 0.392 e. The van der Waals surface area contributed by atoms with Gasteiger partial charge in [0.25, 0.3) is 5.91 Å². The van der Waals surface area contributed by atoms with E-state index in [2.05, 4.69) is 38.1 Å². The summed E-state index contributed by atoms with van der Waals surface area (Å²) in [6.07, 6.45) is 3.66. The molecule has 0 radical (unpaired) electrons. The highest BCUT2D eigenvalue weighted by molar-refractivity contribution is 6.18. The summed E-state index contributed by atoms with van der Waals surface area (Å²) in [5.74, 6) is 0.870. The van der Waals surface area contributed by atoms with Crippen molar-refractivity contribution in [1.82, 2.24) is 0 Å². The Bertz CT molecular complexity index is 999. The Hall–Kier alpha value is -2.92. The van der Waals surface area contributed by atoms with Gasteiger partial charge in [-0.05, 0) is 61.9 Å². The number of amides is 1. The summed E-state index contributed by atoms with van der Waals surface area (Å²) in [7, 11) is 0. The summed E-state index contributed by atoms with van der Waals surface area (Å²) in [6.45, 7) is 11.1. The van der Waals surface area contributed by atoms with Crippen molar-refractivity contribution in [3.63, 3.8) is 0 Å². The summed E-state index contributed by atoms with van der Waals surface area (Å²) in [5, 5.41) is 4.39. The molecule has 0 spiro atoms. The van der Waals surface area contributed by atoms with Crippen LogP contribution in [0.2, 0.25) is 0 Å². The third kappa shape index (κ3) is 5.53. The van der Waals surface area contributed by atoms with Gasteiger partial charge in [-0.25, -0.2) is 0 Å². The second-order valence-corrected chi connectivity index (χ2v) is 9.07. The maximum absolute atomic E-state index is 13.3. The number of benzene rings is 2. The van der Waals surface area contributed by atoms with E-state index in [1.165, 1.54) is 0 Å². The zero-order valence-corrected chi connectivity index (χ0v) is 20.5. The van der Waals surface area contributed by atoms with E-state index in [1.54, 1.807) is 0 Å². The standard InChI is InChI=1S/C28H37N3O2/c1-6-19(2)22(5)26(16-17-29)33-30-21(4)18-24-27(23-13-8-7-9-14-23)31(28(24)32)25-15-11-10-12-20(25)3/h7-15,18-19,22,26-27H,6,16-17,29H2,1-5H3/b24-18+,30-21?. The highest BCUT2D eigenvalue weighted by Gasteiger charge is 2.44. The molecule has 4 unspecified atom stereocenters. The third-order valence-corrected chi connectivity index (χ3v) is 6.78. The predicted molar refractivity (Wildman–Crippen MR) is 136 cm³/mol. The van der Waals surface area contributed by atoms with E-state index < -0.39 is 0 Å². The molecular weight excluding hydrogens is 410 g/mol. The van der Waals surface area contributed by atoms with Crippen molar-refractivity contribution in [2.24, 2.45) is 22.7 Å². The summed E-state index contributed by atoms with van der Waals surface area (Å²) >= 11 is 0. The highest BCUT2D eigenvalue weighted by Crippen LogP contribution is 2.44. The normalized spacial score (nSPS) is 20.4. The van der Waals surface area contributed by atoms with Gasteiger partial charge in [0.05, 0.1) is 11.8 Å². The average Bonchev–Trinajstić information content (AvgIpc) is 2.83. The minimum absolute atomic E-state index is 0.000755. The monoisotopic (exact) mass is 447 g/mol. The van der Waals surface area contributed by atoms with E-state index in [0.29, 0.717) is 24.1 Å². The lowest BCUT2D eigenvalue weighted by atomic mass is 9.86. The molecule has 33 heavy (non-hydrogen) atoms. The zero-order chi connectivity index (χ0) is 24.0. The van der Waals surface area contributed by atoms with Gasteiger partial charge in [-0.3, -0.25) is 9.69 Å². The Balaban J connectivity index is 1.87. The highest BCUT2D eigenvalue weighted by atomic mass is 16.6. The number of oxime groups is 1. The van der Waals surface area contributed by atoms with Crippen molar-refractivity contribution in [3.8, 4) is 0 Å². The van der Waals surface area contributed by atoms with E-state index >= 15 is 0 Å². The molecule has 2 N–H and O–H groups in total. The van der Waals surface area contributed by atoms with Crippen molar-refractivity contribution < 1.29 is 9.63 Å². The van der Waals surface area contributed by atoms with Crippen molar-refractivity contribution in [3.05, 3.63) is 77.4 Å². The van der Waals surface area contributed by atoms with Crippen LogP contribution in [-0.4, -0.2) is 24.3 Å². The molecule has 0 saturated carbocycles. The van der Waals surface area contributed by atoms with Crippen LogP contribution >= 0.6 is 0 Å². The summed E-state index contributed by atoms with van der Waals surface area (Å²) in [6, 6.07) is 18.0. The minimum atomic E-state index is -0.149. The van der Waals surface area contributed by atoms with Crippen LogP contribution in [0.4, 0.5) is 5.69 Å². The smallest absolute Gasteiger partial charge is 0.257 e.